The first-order chi connectivity index (χ1) is 17.8. The van der Waals surface area contributed by atoms with E-state index in [-0.39, 0.29) is 0 Å². The Morgan fingerprint density at radius 1 is 0.868 bits per heavy atom. The molecule has 1 atom stereocenters. The Morgan fingerprint density at radius 2 is 1.58 bits per heavy atom. The summed E-state index contributed by atoms with van der Waals surface area (Å²) in [5.41, 5.74) is 3.57. The van der Waals surface area contributed by atoms with Gasteiger partial charge >= 0.3 is 12.1 Å². The molecule has 0 fully saturated rings. The largest absolute Gasteiger partial charge is 0.482 e. The maximum absolute atomic E-state index is 13.6. The van der Waals surface area contributed by atoms with E-state index in [4.69, 9.17) is 14.2 Å². The minimum absolute atomic E-state index is 0.302. The molecule has 0 aromatic heterocycles. The van der Waals surface area contributed by atoms with Gasteiger partial charge in [-0.25, -0.2) is 4.79 Å². The molecule has 3 aromatic carbocycles. The maximum Gasteiger partial charge on any atom is 0.416 e. The quantitative estimate of drug-likeness (QED) is 0.248. The molecule has 0 aliphatic carbocycles. The number of aryl methyl sites for hydroxylation is 2. The highest BCUT2D eigenvalue weighted by molar-refractivity contribution is 6.00. The molecular weight excluding hydrogens is 493 g/mol. The van der Waals surface area contributed by atoms with Crippen molar-refractivity contribution < 1.29 is 32.2 Å². The Bertz CT molecular complexity index is 1410. The van der Waals surface area contributed by atoms with E-state index in [1.165, 1.54) is 12.1 Å². The summed E-state index contributed by atoms with van der Waals surface area (Å²) >= 11 is 0. The number of rotatable bonds is 5. The molecule has 7 heteroatoms. The van der Waals surface area contributed by atoms with Crippen LogP contribution in [0.5, 0.6) is 11.5 Å². The Hall–Kier alpha value is -3.48. The van der Waals surface area contributed by atoms with E-state index in [0.29, 0.717) is 34.6 Å². The van der Waals surface area contributed by atoms with Crippen molar-refractivity contribution in [1.29, 1.82) is 0 Å². The van der Waals surface area contributed by atoms with Crippen molar-refractivity contribution >= 4 is 5.97 Å². The van der Waals surface area contributed by atoms with E-state index in [9.17, 15) is 18.0 Å². The molecule has 0 bridgehead atoms. The van der Waals surface area contributed by atoms with Crippen LogP contribution >= 0.6 is 0 Å². The first-order valence-corrected chi connectivity index (χ1v) is 12.9. The van der Waals surface area contributed by atoms with Crippen molar-refractivity contribution in [3.8, 4) is 22.6 Å². The first kappa shape index (κ1) is 26.1. The van der Waals surface area contributed by atoms with Crippen molar-refractivity contribution in [2.45, 2.75) is 77.9 Å². The zero-order chi connectivity index (χ0) is 27.5. The second-order valence-corrected chi connectivity index (χ2v) is 10.7. The average Bonchev–Trinajstić information content (AvgIpc) is 2.82. The third-order valence-electron chi connectivity index (χ3n) is 7.36. The van der Waals surface area contributed by atoms with Gasteiger partial charge in [0.05, 0.1) is 11.1 Å². The van der Waals surface area contributed by atoms with Crippen molar-refractivity contribution in [3.05, 3.63) is 81.9 Å². The predicted octanol–water partition coefficient (Wildman–Crippen LogP) is 8.46. The molecule has 4 nitrogen and oxygen atoms in total. The Labute approximate surface area is 220 Å². The normalized spacial score (nSPS) is 19.4. The molecule has 0 radical (unpaired) electrons. The Balaban J connectivity index is 1.70. The van der Waals surface area contributed by atoms with E-state index >= 15 is 0 Å². The van der Waals surface area contributed by atoms with Crippen molar-refractivity contribution in [1.82, 2.24) is 0 Å². The second kappa shape index (κ2) is 9.07. The molecule has 3 aromatic rings. The van der Waals surface area contributed by atoms with Crippen molar-refractivity contribution in [3.63, 3.8) is 0 Å². The highest BCUT2D eigenvalue weighted by Crippen LogP contribution is 2.54. The molecular formula is C31H31F3O4. The van der Waals surface area contributed by atoms with E-state index in [1.807, 2.05) is 45.0 Å². The summed E-state index contributed by atoms with van der Waals surface area (Å²) in [6, 6.07) is 12.5. The predicted molar refractivity (Wildman–Crippen MR) is 138 cm³/mol. The average molecular weight is 525 g/mol. The third-order valence-corrected chi connectivity index (χ3v) is 7.36. The van der Waals surface area contributed by atoms with Crippen molar-refractivity contribution in [2.24, 2.45) is 0 Å². The molecule has 0 spiro atoms. The molecule has 1 unspecified atom stereocenters. The van der Waals surface area contributed by atoms with E-state index in [0.717, 1.165) is 53.6 Å². The van der Waals surface area contributed by atoms with E-state index < -0.39 is 29.1 Å². The number of halogens is 3. The highest BCUT2D eigenvalue weighted by atomic mass is 19.4. The van der Waals surface area contributed by atoms with Crippen LogP contribution in [0.1, 0.15) is 85.1 Å². The summed E-state index contributed by atoms with van der Waals surface area (Å²) in [5, 5.41) is 0. The zero-order valence-electron chi connectivity index (χ0n) is 22.2. The maximum atomic E-state index is 13.6. The monoisotopic (exact) mass is 524 g/mol. The smallest absolute Gasteiger partial charge is 0.416 e. The molecule has 2 aliphatic rings. The van der Waals surface area contributed by atoms with Gasteiger partial charge in [-0.3, -0.25) is 0 Å². The lowest BCUT2D eigenvalue weighted by Crippen LogP contribution is -2.40. The van der Waals surface area contributed by atoms with Crippen LogP contribution in [-0.4, -0.2) is 5.97 Å². The molecule has 2 aliphatic heterocycles. The van der Waals surface area contributed by atoms with Crippen LogP contribution in [0, 0.1) is 6.92 Å². The lowest BCUT2D eigenvalue weighted by molar-refractivity contribution is -0.149. The summed E-state index contributed by atoms with van der Waals surface area (Å²) in [5.74, 6) is -1.24. The number of ether oxygens (including phenoxy) is 3. The first-order valence-electron chi connectivity index (χ1n) is 12.9. The molecule has 0 amide bonds. The highest BCUT2D eigenvalue weighted by Gasteiger charge is 2.46. The van der Waals surface area contributed by atoms with Crippen LogP contribution in [-0.2, 0) is 28.7 Å². The number of benzene rings is 3. The van der Waals surface area contributed by atoms with Gasteiger partial charge in [0.1, 0.15) is 16.9 Å². The Morgan fingerprint density at radius 3 is 2.24 bits per heavy atom. The van der Waals surface area contributed by atoms with Crippen LogP contribution in [0.3, 0.4) is 0 Å². The van der Waals surface area contributed by atoms with Gasteiger partial charge < -0.3 is 14.2 Å². The number of carbonyl (C=O) groups excluding carboxylic acids is 1. The van der Waals surface area contributed by atoms with Gasteiger partial charge in [0.15, 0.2) is 5.75 Å². The number of esters is 1. The molecule has 0 saturated carbocycles. The zero-order valence-corrected chi connectivity index (χ0v) is 22.2. The Kier molecular flexibility index (Phi) is 6.24. The number of unbranched alkanes of at least 4 members (excludes halogenated alkanes) is 2. The van der Waals surface area contributed by atoms with Gasteiger partial charge in [-0.1, -0.05) is 55.7 Å². The van der Waals surface area contributed by atoms with Crippen LogP contribution in [0.15, 0.2) is 48.5 Å². The van der Waals surface area contributed by atoms with Gasteiger partial charge in [0.2, 0.25) is 0 Å². The van der Waals surface area contributed by atoms with Gasteiger partial charge in [0, 0.05) is 18.1 Å². The molecule has 2 heterocycles. The summed E-state index contributed by atoms with van der Waals surface area (Å²) in [4.78, 5) is 13.6. The van der Waals surface area contributed by atoms with Gasteiger partial charge in [-0.15, -0.1) is 0 Å². The van der Waals surface area contributed by atoms with E-state index in [1.54, 1.807) is 6.92 Å². The lowest BCUT2D eigenvalue weighted by Gasteiger charge is -2.41. The fraction of sp³-hybridized carbons (Fsp3) is 0.387. The fourth-order valence-electron chi connectivity index (χ4n) is 5.35. The molecule has 0 N–H and O–H groups in total. The number of carbonyl (C=O) groups is 1. The van der Waals surface area contributed by atoms with Crippen molar-refractivity contribution in [2.75, 3.05) is 0 Å². The van der Waals surface area contributed by atoms with Crippen LogP contribution < -0.4 is 9.47 Å². The van der Waals surface area contributed by atoms with E-state index in [2.05, 4.69) is 6.92 Å². The van der Waals surface area contributed by atoms with Crippen LogP contribution in [0.2, 0.25) is 0 Å². The fourth-order valence-corrected chi connectivity index (χ4v) is 5.35. The van der Waals surface area contributed by atoms with Gasteiger partial charge in [0.25, 0.3) is 5.79 Å². The molecule has 5 rings (SSSR count). The lowest BCUT2D eigenvalue weighted by atomic mass is 9.82. The summed E-state index contributed by atoms with van der Waals surface area (Å²) < 4.78 is 58.4. The SMILES string of the molecule is CCCCCc1cc2c(c3c1C(=O)OC(C)(c1ccc(C(F)(F)F)cc1)O3)-c1cc(C)ccc1C(C)(C)O2. The number of hydrogen-bond acceptors (Lipinski definition) is 4. The number of hydrogen-bond donors (Lipinski definition) is 0. The minimum Gasteiger partial charge on any atom is -0.482 e. The summed E-state index contributed by atoms with van der Waals surface area (Å²) in [6.45, 7) is 9.66. The van der Waals surface area contributed by atoms with Crippen LogP contribution in [0.4, 0.5) is 13.2 Å². The standard InChI is InChI=1S/C31H31F3O4/c1-6-7-8-9-19-17-24-26(22-16-18(2)10-15-23(22)29(3,4)36-24)27-25(19)28(35)38-30(5,37-27)20-11-13-21(14-12-20)31(32,33)34/h10-17H,6-9H2,1-5H3. The third kappa shape index (κ3) is 4.42. The number of cyclic esters (lactones) is 1. The second-order valence-electron chi connectivity index (χ2n) is 10.7. The number of fused-ring (bicyclic) bond motifs is 5. The molecule has 200 valence electrons. The van der Waals surface area contributed by atoms with Gasteiger partial charge in [-0.2, -0.15) is 13.2 Å². The molecule has 0 saturated heterocycles. The number of alkyl halides is 3. The van der Waals surface area contributed by atoms with Gasteiger partial charge in [-0.05, 0) is 62.9 Å². The summed E-state index contributed by atoms with van der Waals surface area (Å²) in [6.07, 6.45) is -0.933. The topological polar surface area (TPSA) is 44.8 Å². The minimum atomic E-state index is -4.48. The van der Waals surface area contributed by atoms with Crippen LogP contribution in [0.25, 0.3) is 11.1 Å². The summed E-state index contributed by atoms with van der Waals surface area (Å²) in [7, 11) is 0. The molecule has 38 heavy (non-hydrogen) atoms.